The van der Waals surface area contributed by atoms with Crippen molar-refractivity contribution in [1.82, 2.24) is 14.3 Å². The van der Waals surface area contributed by atoms with E-state index in [-0.39, 0.29) is 28.5 Å². The fraction of sp³-hybridized carbons (Fsp3) is 0.357. The summed E-state index contributed by atoms with van der Waals surface area (Å²) in [5, 5.41) is 3.48. The molecule has 3 N–H and O–H groups in total. The monoisotopic (exact) mass is 423 g/mol. The zero-order chi connectivity index (χ0) is 20.5. The number of halogens is 3. The van der Waals surface area contributed by atoms with E-state index < -0.39 is 39.5 Å². The zero-order valence-electron chi connectivity index (χ0n) is 14.2. The summed E-state index contributed by atoms with van der Waals surface area (Å²) in [6, 6.07) is 1.74. The second-order valence-electron chi connectivity index (χ2n) is 5.32. The van der Waals surface area contributed by atoms with Crippen molar-refractivity contribution in [2.75, 3.05) is 10.5 Å². The largest absolute Gasteiger partial charge is 0.389 e. The average molecular weight is 423 g/mol. The van der Waals surface area contributed by atoms with Crippen molar-refractivity contribution in [2.45, 2.75) is 26.8 Å². The average Bonchev–Trinajstić information content (AvgIpc) is 2.92. The van der Waals surface area contributed by atoms with Gasteiger partial charge in [0, 0.05) is 12.1 Å². The van der Waals surface area contributed by atoms with E-state index in [0.29, 0.717) is 9.25 Å². The highest BCUT2D eigenvalue weighted by Gasteiger charge is 2.24. The van der Waals surface area contributed by atoms with Crippen LogP contribution in [-0.4, -0.2) is 33.5 Å². The number of sulfonamides is 1. The fourth-order valence-electron chi connectivity index (χ4n) is 2.28. The Morgan fingerprint density at radius 2 is 2.00 bits per heavy atom. The highest BCUT2D eigenvalue weighted by Crippen LogP contribution is 2.25. The molecule has 8 nitrogen and oxygen atoms in total. The Bertz CT molecular complexity index is 1050. The lowest BCUT2D eigenvalue weighted by molar-refractivity contribution is 0.134. The van der Waals surface area contributed by atoms with Gasteiger partial charge in [0.1, 0.15) is 16.5 Å². The lowest BCUT2D eigenvalue weighted by Crippen LogP contribution is -2.25. The molecule has 0 saturated heterocycles. The third kappa shape index (κ3) is 4.13. The predicted octanol–water partition coefficient (Wildman–Crippen LogP) is 1.53. The van der Waals surface area contributed by atoms with Crippen LogP contribution in [0.5, 0.6) is 0 Å². The van der Waals surface area contributed by atoms with Crippen molar-refractivity contribution in [3.63, 3.8) is 0 Å². The lowest BCUT2D eigenvalue weighted by atomic mass is 10.1. The molecule has 0 saturated carbocycles. The number of nitrogens with zero attached hydrogens (tertiary/aromatic N) is 3. The maximum absolute atomic E-state index is 14.5. The van der Waals surface area contributed by atoms with Crippen LogP contribution in [0.4, 0.5) is 18.9 Å². The Hall–Kier alpha value is -2.41. The summed E-state index contributed by atoms with van der Waals surface area (Å²) in [6.45, 7) is 2.71. The summed E-state index contributed by atoms with van der Waals surface area (Å²) in [6.07, 6.45) is -3.06. The van der Waals surface area contributed by atoms with Crippen molar-refractivity contribution >= 4 is 32.9 Å². The van der Waals surface area contributed by atoms with E-state index in [9.17, 15) is 26.4 Å². The first-order chi connectivity index (χ1) is 12.5. The Morgan fingerprint density at radius 3 is 2.44 bits per heavy atom. The molecule has 13 heteroatoms. The molecule has 0 fully saturated rings. The number of hydrogen-bond acceptors (Lipinski definition) is 5. The Kier molecular flexibility index (Phi) is 5.94. The van der Waals surface area contributed by atoms with Crippen molar-refractivity contribution in [3.8, 4) is 5.69 Å². The van der Waals surface area contributed by atoms with Gasteiger partial charge in [-0.05, 0) is 26.0 Å². The van der Waals surface area contributed by atoms with E-state index in [1.165, 1.54) is 13.8 Å². The molecule has 0 aliphatic carbocycles. The quantitative estimate of drug-likeness (QED) is 0.653. The van der Waals surface area contributed by atoms with E-state index in [1.54, 1.807) is 0 Å². The molecule has 2 aromatic rings. The number of aromatic nitrogens is 3. The second-order valence-corrected chi connectivity index (χ2v) is 7.77. The van der Waals surface area contributed by atoms with Crippen molar-refractivity contribution in [3.05, 3.63) is 39.8 Å². The maximum atomic E-state index is 14.5. The number of alkyl halides is 2. The third-order valence-corrected chi connectivity index (χ3v) is 5.14. The summed E-state index contributed by atoms with van der Waals surface area (Å²) < 4.78 is 67.7. The van der Waals surface area contributed by atoms with Crippen LogP contribution in [0.2, 0.25) is 0 Å². The van der Waals surface area contributed by atoms with Crippen molar-refractivity contribution in [1.29, 1.82) is 0 Å². The molecule has 0 unspecified atom stereocenters. The van der Waals surface area contributed by atoms with Crippen LogP contribution < -0.4 is 16.1 Å². The highest BCUT2D eigenvalue weighted by molar-refractivity contribution is 7.92. The molecule has 1 heterocycles. The van der Waals surface area contributed by atoms with Crippen LogP contribution in [0.25, 0.3) is 5.69 Å². The smallest absolute Gasteiger partial charge is 0.350 e. The van der Waals surface area contributed by atoms with Gasteiger partial charge >= 0.3 is 5.69 Å². The number of benzene rings is 1. The summed E-state index contributed by atoms with van der Waals surface area (Å²) in [7, 11) is -3.79. The molecule has 27 heavy (non-hydrogen) atoms. The molecule has 1 aromatic heterocycles. The van der Waals surface area contributed by atoms with Gasteiger partial charge in [-0.2, -0.15) is 4.68 Å². The van der Waals surface area contributed by atoms with Crippen LogP contribution >= 0.6 is 12.2 Å². The number of thiocarbonyl (C=S) groups is 1. The highest BCUT2D eigenvalue weighted by atomic mass is 32.2. The molecule has 0 atom stereocenters. The normalized spacial score (nSPS) is 11.8. The van der Waals surface area contributed by atoms with Crippen LogP contribution in [0.3, 0.4) is 0 Å². The number of anilines is 1. The minimum Gasteiger partial charge on any atom is -0.389 e. The molecule has 0 aliphatic rings. The molecule has 0 amide bonds. The SMILES string of the molecule is CCn1c(C(F)F)nn(-c2cc(NS(=O)(=O)CC)c(C(N)=S)cc2F)c1=O. The van der Waals surface area contributed by atoms with Gasteiger partial charge in [0.2, 0.25) is 15.8 Å². The van der Waals surface area contributed by atoms with E-state index in [1.807, 2.05) is 0 Å². The van der Waals surface area contributed by atoms with Gasteiger partial charge in [0.15, 0.2) is 0 Å². The van der Waals surface area contributed by atoms with Gasteiger partial charge in [-0.1, -0.05) is 12.2 Å². The molecule has 0 spiro atoms. The third-order valence-electron chi connectivity index (χ3n) is 3.63. The van der Waals surface area contributed by atoms with Gasteiger partial charge in [0.25, 0.3) is 6.43 Å². The first-order valence-electron chi connectivity index (χ1n) is 7.64. The molecule has 0 bridgehead atoms. The van der Waals surface area contributed by atoms with Crippen LogP contribution in [0.15, 0.2) is 16.9 Å². The van der Waals surface area contributed by atoms with E-state index in [2.05, 4.69) is 9.82 Å². The molecular formula is C14H16F3N5O3S2. The van der Waals surface area contributed by atoms with E-state index >= 15 is 0 Å². The fourth-order valence-corrected chi connectivity index (χ4v) is 3.10. The van der Waals surface area contributed by atoms with Gasteiger partial charge in [-0.3, -0.25) is 9.29 Å². The van der Waals surface area contributed by atoms with Gasteiger partial charge < -0.3 is 5.73 Å². The Balaban J connectivity index is 2.76. The standard InChI is InChI=1S/C14H16F3N5O3S2/c1-3-21-13(11(16)17)19-22(14(21)23)10-6-9(20-27(24,25)4-2)7(12(18)26)5-8(10)15/h5-6,11,20H,3-4H2,1-2H3,(H2,18,26). The van der Waals surface area contributed by atoms with Gasteiger partial charge in [-0.25, -0.2) is 26.4 Å². The second kappa shape index (κ2) is 7.68. The number of rotatable bonds is 7. The molecule has 0 radical (unpaired) electrons. The summed E-state index contributed by atoms with van der Waals surface area (Å²) >= 11 is 4.79. The van der Waals surface area contributed by atoms with Crippen molar-refractivity contribution < 1.29 is 21.6 Å². The minimum atomic E-state index is -3.79. The summed E-state index contributed by atoms with van der Waals surface area (Å²) in [5.41, 5.74) is 3.65. The van der Waals surface area contributed by atoms with Gasteiger partial charge in [-0.15, -0.1) is 5.10 Å². The number of hydrogen-bond donors (Lipinski definition) is 2. The molecule has 2 rings (SSSR count). The van der Waals surface area contributed by atoms with Crippen LogP contribution in [0, 0.1) is 5.82 Å². The first kappa shape index (κ1) is 20.9. The molecular weight excluding hydrogens is 407 g/mol. The Morgan fingerprint density at radius 1 is 1.37 bits per heavy atom. The molecule has 1 aromatic carbocycles. The first-order valence-corrected chi connectivity index (χ1v) is 9.70. The van der Waals surface area contributed by atoms with Crippen molar-refractivity contribution in [2.24, 2.45) is 5.73 Å². The minimum absolute atomic E-state index is 0.111. The molecule has 148 valence electrons. The summed E-state index contributed by atoms with van der Waals surface area (Å²) in [4.78, 5) is 12.0. The van der Waals surface area contributed by atoms with Crippen LogP contribution in [0.1, 0.15) is 31.7 Å². The predicted molar refractivity (Wildman–Crippen MR) is 97.4 cm³/mol. The van der Waals surface area contributed by atoms with Crippen LogP contribution in [-0.2, 0) is 16.6 Å². The van der Waals surface area contributed by atoms with E-state index in [4.69, 9.17) is 18.0 Å². The lowest BCUT2D eigenvalue weighted by Gasteiger charge is -2.13. The number of nitrogens with one attached hydrogen (secondary N) is 1. The zero-order valence-corrected chi connectivity index (χ0v) is 15.9. The number of nitrogens with two attached hydrogens (primary N) is 1. The topological polar surface area (TPSA) is 112 Å². The maximum Gasteiger partial charge on any atom is 0.350 e. The molecule has 0 aliphatic heterocycles. The Labute approximate surface area is 157 Å². The van der Waals surface area contributed by atoms with E-state index in [0.717, 1.165) is 12.1 Å². The summed E-state index contributed by atoms with van der Waals surface area (Å²) in [5.74, 6) is -2.17. The van der Waals surface area contributed by atoms with Gasteiger partial charge in [0.05, 0.1) is 11.4 Å².